The van der Waals surface area contributed by atoms with Gasteiger partial charge in [-0.2, -0.15) is 0 Å². The first-order valence-corrected chi connectivity index (χ1v) is 7.25. The summed E-state index contributed by atoms with van der Waals surface area (Å²) in [4.78, 5) is 9.44. The predicted molar refractivity (Wildman–Crippen MR) is 80.5 cm³/mol. The number of pyridine rings is 1. The van der Waals surface area contributed by atoms with Crippen molar-refractivity contribution in [1.82, 2.24) is 9.88 Å². The van der Waals surface area contributed by atoms with Crippen molar-refractivity contribution in [2.75, 3.05) is 31.6 Å². The lowest BCUT2D eigenvalue weighted by Crippen LogP contribution is -2.51. The highest BCUT2D eigenvalue weighted by atomic mass is 15.3. The molecule has 1 aromatic heterocycles. The highest BCUT2D eigenvalue weighted by Crippen LogP contribution is 2.18. The average molecular weight is 262 g/mol. The highest BCUT2D eigenvalue weighted by Gasteiger charge is 2.23. The Bertz CT molecular complexity index is 388. The van der Waals surface area contributed by atoms with Gasteiger partial charge >= 0.3 is 0 Å². The normalized spacial score (nSPS) is 22.5. The highest BCUT2D eigenvalue weighted by molar-refractivity contribution is 5.40. The fraction of sp³-hybridized carbons (Fsp3) is 0.667. The Kier molecular flexibility index (Phi) is 4.77. The third-order valence-electron chi connectivity index (χ3n) is 3.94. The van der Waals surface area contributed by atoms with E-state index < -0.39 is 0 Å². The summed E-state index contributed by atoms with van der Waals surface area (Å²) in [5.41, 5.74) is 7.04. The molecule has 2 unspecified atom stereocenters. The van der Waals surface area contributed by atoms with Crippen LogP contribution in [0.5, 0.6) is 0 Å². The standard InChI is InChI=1S/C15H26N4/c1-4-14-11-19(8-7-18(14)3)15-6-5-13(10-17-15)9-12(2)16/h5-6,10,12,14H,4,7-9,11,16H2,1-3H3. The molecule has 0 spiro atoms. The zero-order valence-corrected chi connectivity index (χ0v) is 12.3. The maximum atomic E-state index is 5.81. The second-order valence-electron chi connectivity index (χ2n) is 5.69. The van der Waals surface area contributed by atoms with Crippen LogP contribution in [0.25, 0.3) is 0 Å². The van der Waals surface area contributed by atoms with Gasteiger partial charge in [-0.15, -0.1) is 0 Å². The number of piperazine rings is 1. The quantitative estimate of drug-likeness (QED) is 0.893. The summed E-state index contributed by atoms with van der Waals surface area (Å²) in [5, 5.41) is 0. The van der Waals surface area contributed by atoms with E-state index in [1.54, 1.807) is 0 Å². The van der Waals surface area contributed by atoms with Crippen LogP contribution >= 0.6 is 0 Å². The monoisotopic (exact) mass is 262 g/mol. The van der Waals surface area contributed by atoms with Gasteiger partial charge < -0.3 is 10.6 Å². The van der Waals surface area contributed by atoms with Gasteiger partial charge in [0.05, 0.1) is 0 Å². The van der Waals surface area contributed by atoms with Crippen LogP contribution in [-0.4, -0.2) is 48.6 Å². The van der Waals surface area contributed by atoms with E-state index in [9.17, 15) is 0 Å². The van der Waals surface area contributed by atoms with Crippen molar-refractivity contribution in [3.63, 3.8) is 0 Å². The zero-order chi connectivity index (χ0) is 13.8. The summed E-state index contributed by atoms with van der Waals surface area (Å²) >= 11 is 0. The van der Waals surface area contributed by atoms with Gasteiger partial charge in [-0.3, -0.25) is 4.90 Å². The zero-order valence-electron chi connectivity index (χ0n) is 12.3. The first-order valence-electron chi connectivity index (χ1n) is 7.25. The molecule has 0 saturated carbocycles. The van der Waals surface area contributed by atoms with Crippen LogP contribution < -0.4 is 10.6 Å². The van der Waals surface area contributed by atoms with Gasteiger partial charge in [0.15, 0.2) is 0 Å². The molecule has 2 N–H and O–H groups in total. The molecule has 1 aliphatic heterocycles. The largest absolute Gasteiger partial charge is 0.354 e. The van der Waals surface area contributed by atoms with Crippen molar-refractivity contribution in [3.05, 3.63) is 23.9 Å². The summed E-state index contributed by atoms with van der Waals surface area (Å²) in [5.74, 6) is 1.10. The first-order chi connectivity index (χ1) is 9.10. The lowest BCUT2D eigenvalue weighted by Gasteiger charge is -2.39. The number of hydrogen-bond donors (Lipinski definition) is 1. The molecule has 0 aromatic carbocycles. The molecule has 1 saturated heterocycles. The predicted octanol–water partition coefficient (Wildman–Crippen LogP) is 1.50. The van der Waals surface area contributed by atoms with E-state index in [4.69, 9.17) is 5.73 Å². The van der Waals surface area contributed by atoms with Crippen molar-refractivity contribution in [2.24, 2.45) is 5.73 Å². The lowest BCUT2D eigenvalue weighted by atomic mass is 10.1. The lowest BCUT2D eigenvalue weighted by molar-refractivity contribution is 0.213. The van der Waals surface area contributed by atoms with Crippen LogP contribution in [0.4, 0.5) is 5.82 Å². The summed E-state index contributed by atoms with van der Waals surface area (Å²) in [6, 6.07) is 5.13. The van der Waals surface area contributed by atoms with E-state index in [-0.39, 0.29) is 6.04 Å². The van der Waals surface area contributed by atoms with Gasteiger partial charge in [0.25, 0.3) is 0 Å². The van der Waals surface area contributed by atoms with Crippen LogP contribution in [-0.2, 0) is 6.42 Å². The van der Waals surface area contributed by atoms with E-state index in [1.165, 1.54) is 12.0 Å². The number of rotatable bonds is 4. The first kappa shape index (κ1) is 14.3. The molecule has 2 atom stereocenters. The Balaban J connectivity index is 2.02. The van der Waals surface area contributed by atoms with Crippen LogP contribution in [0.2, 0.25) is 0 Å². The maximum absolute atomic E-state index is 5.81. The minimum Gasteiger partial charge on any atom is -0.354 e. The second kappa shape index (κ2) is 6.35. The SMILES string of the molecule is CCC1CN(c2ccc(CC(C)N)cn2)CCN1C. The minimum atomic E-state index is 0.195. The Hall–Kier alpha value is -1.13. The number of nitrogens with zero attached hydrogens (tertiary/aromatic N) is 3. The number of anilines is 1. The molecular weight excluding hydrogens is 236 g/mol. The molecule has 0 radical (unpaired) electrons. The molecule has 19 heavy (non-hydrogen) atoms. The second-order valence-corrected chi connectivity index (χ2v) is 5.69. The molecule has 0 bridgehead atoms. The van der Waals surface area contributed by atoms with Gasteiger partial charge in [-0.1, -0.05) is 13.0 Å². The van der Waals surface area contributed by atoms with Crippen LogP contribution in [0, 0.1) is 0 Å². The van der Waals surface area contributed by atoms with E-state index in [0.717, 1.165) is 31.9 Å². The van der Waals surface area contributed by atoms with Crippen LogP contribution in [0.1, 0.15) is 25.8 Å². The fourth-order valence-corrected chi connectivity index (χ4v) is 2.69. The van der Waals surface area contributed by atoms with Gasteiger partial charge in [0.1, 0.15) is 5.82 Å². The van der Waals surface area contributed by atoms with Crippen molar-refractivity contribution in [1.29, 1.82) is 0 Å². The summed E-state index contributed by atoms with van der Waals surface area (Å²) in [6.45, 7) is 7.53. The van der Waals surface area contributed by atoms with E-state index in [2.05, 4.69) is 40.9 Å². The number of hydrogen-bond acceptors (Lipinski definition) is 4. The Labute approximate surface area is 116 Å². The molecule has 106 valence electrons. The third-order valence-corrected chi connectivity index (χ3v) is 3.94. The number of aromatic nitrogens is 1. The maximum Gasteiger partial charge on any atom is 0.128 e. The molecule has 0 amide bonds. The number of nitrogens with two attached hydrogens (primary N) is 1. The molecule has 4 heteroatoms. The van der Waals surface area contributed by atoms with Crippen molar-refractivity contribution >= 4 is 5.82 Å². The Morgan fingerprint density at radius 1 is 1.42 bits per heavy atom. The summed E-state index contributed by atoms with van der Waals surface area (Å²) in [6.07, 6.45) is 4.06. The Morgan fingerprint density at radius 2 is 2.21 bits per heavy atom. The molecular formula is C15H26N4. The van der Waals surface area contributed by atoms with Gasteiger partial charge in [-0.05, 0) is 38.4 Å². The van der Waals surface area contributed by atoms with Crippen LogP contribution in [0.3, 0.4) is 0 Å². The van der Waals surface area contributed by atoms with E-state index in [1.807, 2.05) is 13.1 Å². The van der Waals surface area contributed by atoms with E-state index >= 15 is 0 Å². The molecule has 1 aliphatic rings. The van der Waals surface area contributed by atoms with E-state index in [0.29, 0.717) is 6.04 Å². The van der Waals surface area contributed by atoms with Crippen molar-refractivity contribution in [2.45, 2.75) is 38.8 Å². The van der Waals surface area contributed by atoms with Gasteiger partial charge in [0.2, 0.25) is 0 Å². The average Bonchev–Trinajstić information content (AvgIpc) is 2.40. The molecule has 1 aromatic rings. The molecule has 2 heterocycles. The van der Waals surface area contributed by atoms with Crippen molar-refractivity contribution in [3.8, 4) is 0 Å². The van der Waals surface area contributed by atoms with Gasteiger partial charge in [0, 0.05) is 37.9 Å². The molecule has 2 rings (SSSR count). The van der Waals surface area contributed by atoms with Gasteiger partial charge in [-0.25, -0.2) is 4.98 Å². The summed E-state index contributed by atoms with van der Waals surface area (Å²) in [7, 11) is 2.21. The summed E-state index contributed by atoms with van der Waals surface area (Å²) < 4.78 is 0. The fourth-order valence-electron chi connectivity index (χ4n) is 2.69. The smallest absolute Gasteiger partial charge is 0.128 e. The molecule has 0 aliphatic carbocycles. The topological polar surface area (TPSA) is 45.4 Å². The molecule has 1 fully saturated rings. The van der Waals surface area contributed by atoms with Crippen molar-refractivity contribution < 1.29 is 0 Å². The number of likely N-dealkylation sites (N-methyl/N-ethyl adjacent to an activating group) is 1. The Morgan fingerprint density at radius 3 is 2.79 bits per heavy atom. The third kappa shape index (κ3) is 3.67. The molecule has 4 nitrogen and oxygen atoms in total. The van der Waals surface area contributed by atoms with Crippen LogP contribution in [0.15, 0.2) is 18.3 Å². The minimum absolute atomic E-state index is 0.195.